The molecule has 3 saturated heterocycles. The van der Waals surface area contributed by atoms with Gasteiger partial charge in [0.05, 0.1) is 12.1 Å². The van der Waals surface area contributed by atoms with Gasteiger partial charge in [0.1, 0.15) is 12.1 Å². The molecule has 0 saturated carbocycles. The van der Waals surface area contributed by atoms with Crippen LogP contribution >= 0.6 is 11.8 Å². The van der Waals surface area contributed by atoms with E-state index in [1.165, 1.54) is 6.20 Å². The summed E-state index contributed by atoms with van der Waals surface area (Å²) in [5.41, 5.74) is 0.488. The quantitative estimate of drug-likeness (QED) is 0.158. The zero-order valence-electron chi connectivity index (χ0n) is 23.0. The van der Waals surface area contributed by atoms with Crippen molar-refractivity contribution in [2.45, 2.75) is 93.7 Å². The molecule has 4 rings (SSSR count). The van der Waals surface area contributed by atoms with E-state index in [1.807, 2.05) is 11.8 Å². The minimum atomic E-state index is -1.17. The number of aliphatic hydroxyl groups is 1. The number of nitrogens with one attached hydrogen (secondary N) is 4. The van der Waals surface area contributed by atoms with Gasteiger partial charge < -0.3 is 31.3 Å². The van der Waals surface area contributed by atoms with Gasteiger partial charge in [0.2, 0.25) is 17.7 Å². The van der Waals surface area contributed by atoms with Crippen LogP contribution in [0.25, 0.3) is 0 Å². The summed E-state index contributed by atoms with van der Waals surface area (Å²) in [5, 5.41) is 22.9. The van der Waals surface area contributed by atoms with Gasteiger partial charge in [0.25, 0.3) is 0 Å². The van der Waals surface area contributed by atoms with Crippen LogP contribution in [0.1, 0.15) is 75.9 Å². The number of urea groups is 1. The number of amides is 5. The molecule has 11 nitrogen and oxygen atoms in total. The van der Waals surface area contributed by atoms with E-state index in [1.54, 1.807) is 23.2 Å². The summed E-state index contributed by atoms with van der Waals surface area (Å²) in [6.07, 6.45) is 9.44. The van der Waals surface area contributed by atoms with Gasteiger partial charge in [0.15, 0.2) is 0 Å². The van der Waals surface area contributed by atoms with Crippen LogP contribution in [0.4, 0.5) is 4.79 Å². The van der Waals surface area contributed by atoms with E-state index in [9.17, 15) is 24.3 Å². The lowest BCUT2D eigenvalue weighted by Gasteiger charge is -2.27. The van der Waals surface area contributed by atoms with Crippen LogP contribution in [-0.2, 0) is 14.4 Å². The molecule has 0 bridgehead atoms. The number of hydrogen-bond donors (Lipinski definition) is 5. The van der Waals surface area contributed by atoms with Crippen LogP contribution in [0, 0.1) is 0 Å². The van der Waals surface area contributed by atoms with Crippen molar-refractivity contribution in [2.24, 2.45) is 0 Å². The van der Waals surface area contributed by atoms with E-state index in [4.69, 9.17) is 0 Å². The molecule has 3 fully saturated rings. The van der Waals surface area contributed by atoms with Crippen LogP contribution in [0.2, 0.25) is 0 Å². The summed E-state index contributed by atoms with van der Waals surface area (Å²) in [6, 6.07) is 2.70. The van der Waals surface area contributed by atoms with E-state index < -0.39 is 12.1 Å². The fraction of sp³-hybridized carbons (Fsp3) is 0.679. The summed E-state index contributed by atoms with van der Waals surface area (Å²) in [6.45, 7) is 1.83. The molecular weight excluding hydrogens is 532 g/mol. The number of hydrogen-bond acceptors (Lipinski definition) is 7. The lowest BCUT2D eigenvalue weighted by molar-refractivity contribution is -0.139. The standard InChI is InChI=1S/C28H42N6O5S/c35-22(11-4-3-10-21-24-20(18-40-21)31-28(39)33-24)30-14-5-1-2-12-23(36)32-25(27(38)34-15-6-7-16-34)26(37)19-9-8-13-29-17-19/h8-9,13,17,20-21,24-26,37H,1-7,10-12,14-16,18H2,(H,30,35)(H,32,36)(H2,31,33,39)/t20-,21+,24-,25-,26+/m0/s1. The fourth-order valence-electron chi connectivity index (χ4n) is 5.58. The molecule has 0 unspecified atom stereocenters. The predicted molar refractivity (Wildman–Crippen MR) is 152 cm³/mol. The fourth-order valence-corrected chi connectivity index (χ4v) is 7.12. The maximum absolute atomic E-state index is 13.1. The Hall–Kier alpha value is -2.86. The predicted octanol–water partition coefficient (Wildman–Crippen LogP) is 1.62. The third-order valence-corrected chi connectivity index (χ3v) is 9.33. The van der Waals surface area contributed by atoms with Crippen LogP contribution < -0.4 is 21.3 Å². The Morgan fingerprint density at radius 3 is 2.62 bits per heavy atom. The van der Waals surface area contributed by atoms with Crippen molar-refractivity contribution in [1.82, 2.24) is 31.2 Å². The molecule has 40 heavy (non-hydrogen) atoms. The SMILES string of the molecule is O=C(CCCC[C@H]1SC[C@@H]2NC(=O)N[C@@H]21)NCCCCCC(=O)N[C@H](C(=O)N1CCCC1)[C@H](O)c1cccnc1. The van der Waals surface area contributed by atoms with Gasteiger partial charge in [-0.25, -0.2) is 4.79 Å². The number of carbonyl (C=O) groups is 4. The summed E-state index contributed by atoms with van der Waals surface area (Å²) in [5.74, 6) is 0.446. The third-order valence-electron chi connectivity index (χ3n) is 7.83. The molecular formula is C28H42N6O5S. The number of aromatic nitrogens is 1. The summed E-state index contributed by atoms with van der Waals surface area (Å²) in [4.78, 5) is 55.1. The third kappa shape index (κ3) is 8.57. The molecule has 0 aromatic carbocycles. The van der Waals surface area contributed by atoms with Crippen molar-refractivity contribution < 1.29 is 24.3 Å². The van der Waals surface area contributed by atoms with Gasteiger partial charge in [0, 0.05) is 61.4 Å². The first-order chi connectivity index (χ1) is 19.4. The van der Waals surface area contributed by atoms with E-state index in [-0.39, 0.29) is 42.3 Å². The van der Waals surface area contributed by atoms with Crippen LogP contribution in [0.15, 0.2) is 24.5 Å². The van der Waals surface area contributed by atoms with Crippen molar-refractivity contribution in [3.63, 3.8) is 0 Å². The number of nitrogens with zero attached hydrogens (tertiary/aromatic N) is 2. The number of rotatable bonds is 15. The Labute approximate surface area is 240 Å². The van der Waals surface area contributed by atoms with Crippen LogP contribution in [0.3, 0.4) is 0 Å². The average Bonchev–Trinajstić information content (AvgIpc) is 3.70. The minimum Gasteiger partial charge on any atom is -0.386 e. The smallest absolute Gasteiger partial charge is 0.315 e. The maximum Gasteiger partial charge on any atom is 0.315 e. The number of carbonyl (C=O) groups excluding carboxylic acids is 4. The Morgan fingerprint density at radius 2 is 1.85 bits per heavy atom. The lowest BCUT2D eigenvalue weighted by atomic mass is 10.0. The zero-order valence-corrected chi connectivity index (χ0v) is 23.8. The summed E-state index contributed by atoms with van der Waals surface area (Å²) in [7, 11) is 0. The summed E-state index contributed by atoms with van der Waals surface area (Å²) >= 11 is 1.89. The Balaban J connectivity index is 1.07. The number of fused-ring (bicyclic) bond motifs is 1. The largest absolute Gasteiger partial charge is 0.386 e. The maximum atomic E-state index is 13.1. The van der Waals surface area contributed by atoms with Gasteiger partial charge in [-0.3, -0.25) is 19.4 Å². The molecule has 0 aliphatic carbocycles. The van der Waals surface area contributed by atoms with E-state index >= 15 is 0 Å². The number of likely N-dealkylation sites (tertiary alicyclic amines) is 1. The van der Waals surface area contributed by atoms with Crippen molar-refractivity contribution in [3.8, 4) is 0 Å². The molecule has 0 spiro atoms. The highest BCUT2D eigenvalue weighted by atomic mass is 32.2. The molecule has 12 heteroatoms. The molecule has 5 atom stereocenters. The molecule has 0 radical (unpaired) electrons. The number of unbranched alkanes of at least 4 members (excludes halogenated alkanes) is 3. The summed E-state index contributed by atoms with van der Waals surface area (Å²) < 4.78 is 0. The first kappa shape index (κ1) is 30.1. The van der Waals surface area contributed by atoms with Gasteiger partial charge in [-0.1, -0.05) is 18.9 Å². The Kier molecular flexibility index (Phi) is 11.5. The highest BCUT2D eigenvalue weighted by molar-refractivity contribution is 8.00. The number of aliphatic hydroxyl groups excluding tert-OH is 1. The zero-order chi connectivity index (χ0) is 28.3. The molecule has 3 aliphatic rings. The van der Waals surface area contributed by atoms with Crippen molar-refractivity contribution >= 4 is 35.5 Å². The van der Waals surface area contributed by atoms with Gasteiger partial charge >= 0.3 is 6.03 Å². The average molecular weight is 575 g/mol. The second-order valence-electron chi connectivity index (χ2n) is 10.8. The van der Waals surface area contributed by atoms with Crippen LogP contribution in [0.5, 0.6) is 0 Å². The second kappa shape index (κ2) is 15.2. The van der Waals surface area contributed by atoms with Crippen molar-refractivity contribution in [1.29, 1.82) is 0 Å². The normalized spacial score (nSPS) is 23.2. The van der Waals surface area contributed by atoms with E-state index in [0.29, 0.717) is 43.3 Å². The Morgan fingerprint density at radius 1 is 1.07 bits per heavy atom. The molecule has 220 valence electrons. The highest BCUT2D eigenvalue weighted by Gasteiger charge is 2.42. The lowest BCUT2D eigenvalue weighted by Crippen LogP contribution is -2.51. The molecule has 1 aromatic rings. The number of pyridine rings is 1. The minimum absolute atomic E-state index is 0.0400. The highest BCUT2D eigenvalue weighted by Crippen LogP contribution is 2.33. The molecule has 1 aromatic heterocycles. The van der Waals surface area contributed by atoms with Crippen molar-refractivity contribution in [2.75, 3.05) is 25.4 Å². The Bertz CT molecular complexity index is 1010. The topological polar surface area (TPSA) is 153 Å². The second-order valence-corrected chi connectivity index (χ2v) is 12.1. The first-order valence-electron chi connectivity index (χ1n) is 14.5. The molecule has 5 amide bonds. The van der Waals surface area contributed by atoms with E-state index in [0.717, 1.165) is 50.7 Å². The molecule has 5 N–H and O–H groups in total. The number of thioether (sulfide) groups is 1. The van der Waals surface area contributed by atoms with Crippen LogP contribution in [-0.4, -0.2) is 87.5 Å². The van der Waals surface area contributed by atoms with Gasteiger partial charge in [-0.15, -0.1) is 0 Å². The molecule has 3 aliphatic heterocycles. The van der Waals surface area contributed by atoms with Gasteiger partial charge in [-0.2, -0.15) is 11.8 Å². The monoisotopic (exact) mass is 574 g/mol. The molecule has 4 heterocycles. The first-order valence-corrected chi connectivity index (χ1v) is 15.6. The van der Waals surface area contributed by atoms with Crippen molar-refractivity contribution in [3.05, 3.63) is 30.1 Å². The van der Waals surface area contributed by atoms with Gasteiger partial charge in [-0.05, 0) is 44.6 Å². The van der Waals surface area contributed by atoms with E-state index in [2.05, 4.69) is 26.3 Å².